The molecule has 0 atom stereocenters. The van der Waals surface area contributed by atoms with Crippen LogP contribution in [0.3, 0.4) is 0 Å². The zero-order valence-corrected chi connectivity index (χ0v) is 8.58. The Morgan fingerprint density at radius 1 is 1.27 bits per heavy atom. The van der Waals surface area contributed by atoms with Crippen LogP contribution in [-0.2, 0) is 10.9 Å². The number of benzene rings is 1. The number of rotatable bonds is 1. The highest BCUT2D eigenvalue weighted by atomic mass is 35.5. The Balaban J connectivity index is 0.00000196. The molecule has 6 heteroatoms. The fraction of sp³-hybridized carbons (Fsp3) is 0.222. The molecule has 0 bridgehead atoms. The molecule has 0 spiro atoms. The molecule has 2 nitrogen and oxygen atoms in total. The van der Waals surface area contributed by atoms with Crippen molar-refractivity contribution in [3.8, 4) is 0 Å². The van der Waals surface area contributed by atoms with E-state index in [1.165, 1.54) is 18.2 Å². The average Bonchev–Trinajstić information content (AvgIpc) is 2.15. The lowest BCUT2D eigenvalue weighted by Crippen LogP contribution is -2.13. The highest BCUT2D eigenvalue weighted by molar-refractivity contribution is 5.93. The van der Waals surface area contributed by atoms with Crippen LogP contribution in [0.15, 0.2) is 24.3 Å². The zero-order valence-electron chi connectivity index (χ0n) is 7.76. The number of methoxy groups -OCH3 is 1. The van der Waals surface area contributed by atoms with Crippen LogP contribution in [0.25, 0.3) is 0 Å². The molecule has 0 aromatic heterocycles. The third-order valence-corrected chi connectivity index (χ3v) is 1.68. The van der Waals surface area contributed by atoms with Gasteiger partial charge in [-0.05, 0) is 12.1 Å². The van der Waals surface area contributed by atoms with Gasteiger partial charge in [-0.3, -0.25) is 5.41 Å². The van der Waals surface area contributed by atoms with Crippen molar-refractivity contribution in [1.82, 2.24) is 0 Å². The van der Waals surface area contributed by atoms with Crippen LogP contribution < -0.4 is 0 Å². The average molecular weight is 240 g/mol. The summed E-state index contributed by atoms with van der Waals surface area (Å²) >= 11 is 0. The Labute approximate surface area is 91.0 Å². The third-order valence-electron chi connectivity index (χ3n) is 1.68. The maximum absolute atomic E-state index is 12.4. The van der Waals surface area contributed by atoms with Crippen LogP contribution in [0, 0.1) is 5.41 Å². The molecule has 15 heavy (non-hydrogen) atoms. The Kier molecular flexibility index (Phi) is 4.61. The normalized spacial score (nSPS) is 10.4. The lowest BCUT2D eigenvalue weighted by Gasteiger charge is -2.11. The van der Waals surface area contributed by atoms with Gasteiger partial charge in [-0.15, -0.1) is 12.4 Å². The molecule has 0 fully saturated rings. The first-order chi connectivity index (χ1) is 6.46. The molecule has 0 aliphatic heterocycles. The van der Waals surface area contributed by atoms with Crippen molar-refractivity contribution in [2.45, 2.75) is 6.18 Å². The smallest absolute Gasteiger partial charge is 0.417 e. The number of alkyl halides is 3. The fourth-order valence-corrected chi connectivity index (χ4v) is 1.04. The van der Waals surface area contributed by atoms with Crippen molar-refractivity contribution in [2.75, 3.05) is 7.11 Å². The zero-order chi connectivity index (χ0) is 10.8. The summed E-state index contributed by atoms with van der Waals surface area (Å²) < 4.78 is 41.6. The summed E-state index contributed by atoms with van der Waals surface area (Å²) in [5.41, 5.74) is -1.10. The lowest BCUT2D eigenvalue weighted by atomic mass is 10.1. The summed E-state index contributed by atoms with van der Waals surface area (Å²) in [6.07, 6.45) is -4.46. The van der Waals surface area contributed by atoms with E-state index in [0.717, 1.165) is 13.2 Å². The quantitative estimate of drug-likeness (QED) is 0.593. The number of hydrogen-bond donors (Lipinski definition) is 1. The molecule has 0 heterocycles. The van der Waals surface area contributed by atoms with Crippen LogP contribution in [0.2, 0.25) is 0 Å². The Hall–Kier alpha value is -1.23. The minimum absolute atomic E-state index is 0. The predicted octanol–water partition coefficient (Wildman–Crippen LogP) is 3.10. The summed E-state index contributed by atoms with van der Waals surface area (Å²) in [7, 11) is 1.16. The number of ether oxygens (including phenoxy) is 1. The maximum atomic E-state index is 12.4. The monoisotopic (exact) mass is 239 g/mol. The Morgan fingerprint density at radius 2 is 1.80 bits per heavy atom. The van der Waals surface area contributed by atoms with Gasteiger partial charge in [0.05, 0.1) is 12.7 Å². The molecular formula is C9H9ClF3NO. The lowest BCUT2D eigenvalue weighted by molar-refractivity contribution is -0.137. The molecule has 84 valence electrons. The van der Waals surface area contributed by atoms with Crippen molar-refractivity contribution in [3.05, 3.63) is 35.4 Å². The minimum atomic E-state index is -4.46. The maximum Gasteiger partial charge on any atom is 0.417 e. The van der Waals surface area contributed by atoms with E-state index in [2.05, 4.69) is 4.74 Å². The molecule has 0 amide bonds. The number of hydrogen-bond acceptors (Lipinski definition) is 2. The molecule has 1 N–H and O–H groups in total. The molecule has 0 unspecified atom stereocenters. The second-order valence-corrected chi connectivity index (χ2v) is 2.58. The van der Waals surface area contributed by atoms with Gasteiger partial charge in [-0.25, -0.2) is 0 Å². The topological polar surface area (TPSA) is 33.1 Å². The summed E-state index contributed by atoms with van der Waals surface area (Å²) in [6, 6.07) is 4.82. The molecular weight excluding hydrogens is 231 g/mol. The first kappa shape index (κ1) is 13.8. The molecule has 0 aliphatic carbocycles. The summed E-state index contributed by atoms with van der Waals surface area (Å²) in [5, 5.41) is 7.18. The molecule has 0 saturated heterocycles. The first-order valence-corrected chi connectivity index (χ1v) is 3.76. The predicted molar refractivity (Wildman–Crippen MR) is 52.5 cm³/mol. The molecule has 1 rings (SSSR count). The third kappa shape index (κ3) is 3.13. The van der Waals surface area contributed by atoms with E-state index in [0.29, 0.717) is 0 Å². The molecule has 0 saturated carbocycles. The van der Waals surface area contributed by atoms with E-state index < -0.39 is 17.6 Å². The van der Waals surface area contributed by atoms with E-state index in [4.69, 9.17) is 5.41 Å². The van der Waals surface area contributed by atoms with Crippen molar-refractivity contribution in [2.24, 2.45) is 0 Å². The standard InChI is InChI=1S/C9H8F3NO.ClH/c1-14-8(13)6-4-2-3-5-7(6)9(10,11)12;/h2-5,13H,1H3;1H. The van der Waals surface area contributed by atoms with Gasteiger partial charge in [0.25, 0.3) is 0 Å². The largest absolute Gasteiger partial charge is 0.481 e. The minimum Gasteiger partial charge on any atom is -0.481 e. The van der Waals surface area contributed by atoms with E-state index in [1.807, 2.05) is 0 Å². The second kappa shape index (κ2) is 5.02. The van der Waals surface area contributed by atoms with Crippen molar-refractivity contribution in [1.29, 1.82) is 5.41 Å². The molecule has 1 aromatic rings. The van der Waals surface area contributed by atoms with Crippen LogP contribution >= 0.6 is 12.4 Å². The van der Waals surface area contributed by atoms with Crippen LogP contribution in [0.1, 0.15) is 11.1 Å². The highest BCUT2D eigenvalue weighted by Gasteiger charge is 2.34. The summed E-state index contributed by atoms with van der Waals surface area (Å²) in [5.74, 6) is -0.488. The van der Waals surface area contributed by atoms with Gasteiger partial charge in [-0.2, -0.15) is 13.2 Å². The van der Waals surface area contributed by atoms with Crippen molar-refractivity contribution in [3.63, 3.8) is 0 Å². The van der Waals surface area contributed by atoms with Gasteiger partial charge in [0.1, 0.15) is 0 Å². The summed E-state index contributed by atoms with van der Waals surface area (Å²) in [4.78, 5) is 0. The number of nitrogens with one attached hydrogen (secondary N) is 1. The first-order valence-electron chi connectivity index (χ1n) is 3.76. The fourth-order valence-electron chi connectivity index (χ4n) is 1.04. The number of halogens is 4. The van der Waals surface area contributed by atoms with Crippen molar-refractivity contribution < 1.29 is 17.9 Å². The van der Waals surface area contributed by atoms with Gasteiger partial charge >= 0.3 is 6.18 Å². The van der Waals surface area contributed by atoms with E-state index in [1.54, 1.807) is 0 Å². The van der Waals surface area contributed by atoms with Crippen LogP contribution in [0.4, 0.5) is 13.2 Å². The van der Waals surface area contributed by atoms with Gasteiger partial charge in [0.15, 0.2) is 0 Å². The van der Waals surface area contributed by atoms with E-state index >= 15 is 0 Å². The van der Waals surface area contributed by atoms with Gasteiger partial charge in [0.2, 0.25) is 5.90 Å². The SMILES string of the molecule is COC(=N)c1ccccc1C(F)(F)F.Cl. The Morgan fingerprint density at radius 3 is 2.27 bits per heavy atom. The highest BCUT2D eigenvalue weighted by Crippen LogP contribution is 2.31. The van der Waals surface area contributed by atoms with Crippen LogP contribution in [-0.4, -0.2) is 13.0 Å². The molecule has 0 aliphatic rings. The van der Waals surface area contributed by atoms with Crippen LogP contribution in [0.5, 0.6) is 0 Å². The van der Waals surface area contributed by atoms with Gasteiger partial charge in [0, 0.05) is 5.56 Å². The Bertz CT molecular complexity index is 351. The van der Waals surface area contributed by atoms with Gasteiger partial charge < -0.3 is 4.74 Å². The molecule has 0 radical (unpaired) electrons. The second-order valence-electron chi connectivity index (χ2n) is 2.58. The molecule has 1 aromatic carbocycles. The van der Waals surface area contributed by atoms with E-state index in [-0.39, 0.29) is 18.0 Å². The van der Waals surface area contributed by atoms with Gasteiger partial charge in [-0.1, -0.05) is 12.1 Å². The van der Waals surface area contributed by atoms with Crippen molar-refractivity contribution >= 4 is 18.3 Å². The van der Waals surface area contributed by atoms with E-state index in [9.17, 15) is 13.2 Å². The summed E-state index contributed by atoms with van der Waals surface area (Å²) in [6.45, 7) is 0.